The molecule has 0 amide bonds. The van der Waals surface area contributed by atoms with E-state index in [-0.39, 0.29) is 5.82 Å². The number of rotatable bonds is 4. The van der Waals surface area contributed by atoms with E-state index in [4.69, 9.17) is 11.6 Å². The Hall–Kier alpha value is -2.13. The van der Waals surface area contributed by atoms with Gasteiger partial charge in [0.05, 0.1) is 10.5 Å². The highest BCUT2D eigenvalue weighted by molar-refractivity contribution is 6.35. The van der Waals surface area contributed by atoms with Crippen LogP contribution in [0.25, 0.3) is 10.9 Å². The topological polar surface area (TPSA) is 24.9 Å². The second-order valence-corrected chi connectivity index (χ2v) is 5.20. The molecular weight excluding hydrogens is 287 g/mol. The summed E-state index contributed by atoms with van der Waals surface area (Å²) in [6, 6.07) is 14.2. The van der Waals surface area contributed by atoms with E-state index in [0.717, 1.165) is 35.1 Å². The van der Waals surface area contributed by atoms with Crippen LogP contribution in [0.5, 0.6) is 0 Å². The van der Waals surface area contributed by atoms with E-state index in [1.807, 2.05) is 24.3 Å². The third kappa shape index (κ3) is 3.14. The van der Waals surface area contributed by atoms with Crippen LogP contribution in [-0.2, 0) is 6.42 Å². The van der Waals surface area contributed by atoms with Crippen LogP contribution in [-0.4, -0.2) is 11.5 Å². The quantitative estimate of drug-likeness (QED) is 0.756. The maximum absolute atomic E-state index is 12.9. The third-order valence-corrected chi connectivity index (χ3v) is 3.67. The molecule has 0 unspecified atom stereocenters. The number of nitrogens with one attached hydrogen (secondary N) is 1. The fourth-order valence-corrected chi connectivity index (χ4v) is 2.51. The Kier molecular flexibility index (Phi) is 4.02. The molecule has 0 saturated carbocycles. The van der Waals surface area contributed by atoms with E-state index in [0.29, 0.717) is 5.02 Å². The molecule has 0 aliphatic heterocycles. The minimum Gasteiger partial charge on any atom is -0.384 e. The van der Waals surface area contributed by atoms with Crippen LogP contribution < -0.4 is 5.32 Å². The summed E-state index contributed by atoms with van der Waals surface area (Å²) in [6.07, 6.45) is 2.57. The molecule has 106 valence electrons. The van der Waals surface area contributed by atoms with Gasteiger partial charge in [-0.2, -0.15) is 0 Å². The van der Waals surface area contributed by atoms with Gasteiger partial charge in [-0.15, -0.1) is 0 Å². The van der Waals surface area contributed by atoms with Gasteiger partial charge in [0.25, 0.3) is 0 Å². The second-order valence-electron chi connectivity index (χ2n) is 4.80. The molecule has 0 aliphatic carbocycles. The lowest BCUT2D eigenvalue weighted by Crippen LogP contribution is -2.05. The Bertz CT molecular complexity index is 756. The third-order valence-electron chi connectivity index (χ3n) is 3.36. The molecule has 0 saturated heterocycles. The first-order valence-corrected chi connectivity index (χ1v) is 7.13. The highest BCUT2D eigenvalue weighted by atomic mass is 35.5. The first-order valence-electron chi connectivity index (χ1n) is 6.75. The van der Waals surface area contributed by atoms with Crippen LogP contribution in [0.3, 0.4) is 0 Å². The number of halogens is 2. The fourth-order valence-electron chi connectivity index (χ4n) is 2.29. The van der Waals surface area contributed by atoms with Crippen molar-refractivity contribution in [3.8, 4) is 0 Å². The maximum Gasteiger partial charge on any atom is 0.123 e. The van der Waals surface area contributed by atoms with Gasteiger partial charge >= 0.3 is 0 Å². The number of aromatic nitrogens is 1. The van der Waals surface area contributed by atoms with Crippen molar-refractivity contribution >= 4 is 28.2 Å². The standard InChI is InChI=1S/C17H14ClFN2/c18-15-3-1-2-14-16(9-11-21-17(14)15)20-10-8-12-4-6-13(19)7-5-12/h1-7,9,11H,8,10H2,(H,20,21). The van der Waals surface area contributed by atoms with Crippen molar-refractivity contribution in [1.29, 1.82) is 0 Å². The molecule has 1 heterocycles. The fraction of sp³-hybridized carbons (Fsp3) is 0.118. The summed E-state index contributed by atoms with van der Waals surface area (Å²) >= 11 is 6.15. The predicted octanol–water partition coefficient (Wildman–Crippen LogP) is 4.68. The molecule has 0 radical (unpaired) electrons. The number of benzene rings is 2. The molecule has 0 aliphatic rings. The molecule has 1 aromatic heterocycles. The van der Waals surface area contributed by atoms with Crippen molar-refractivity contribution in [3.63, 3.8) is 0 Å². The smallest absolute Gasteiger partial charge is 0.123 e. The number of nitrogens with zero attached hydrogens (tertiary/aromatic N) is 1. The minimum atomic E-state index is -0.207. The minimum absolute atomic E-state index is 0.207. The van der Waals surface area contributed by atoms with E-state index in [9.17, 15) is 4.39 Å². The second kappa shape index (κ2) is 6.10. The van der Waals surface area contributed by atoms with Gasteiger partial charge in [-0.25, -0.2) is 4.39 Å². The van der Waals surface area contributed by atoms with Gasteiger partial charge in [-0.1, -0.05) is 35.9 Å². The molecule has 4 heteroatoms. The highest BCUT2D eigenvalue weighted by Crippen LogP contribution is 2.26. The van der Waals surface area contributed by atoms with E-state index >= 15 is 0 Å². The van der Waals surface area contributed by atoms with Crippen LogP contribution in [0, 0.1) is 5.82 Å². The molecule has 21 heavy (non-hydrogen) atoms. The Morgan fingerprint density at radius 3 is 2.67 bits per heavy atom. The van der Waals surface area contributed by atoms with Crippen LogP contribution in [0.2, 0.25) is 5.02 Å². The van der Waals surface area contributed by atoms with Crippen molar-refractivity contribution in [2.45, 2.75) is 6.42 Å². The van der Waals surface area contributed by atoms with Gasteiger partial charge in [-0.3, -0.25) is 4.98 Å². The summed E-state index contributed by atoms with van der Waals surface area (Å²) < 4.78 is 12.9. The Labute approximate surface area is 127 Å². The zero-order valence-corrected chi connectivity index (χ0v) is 12.1. The van der Waals surface area contributed by atoms with Gasteiger partial charge in [-0.05, 0) is 36.2 Å². The molecule has 0 spiro atoms. The average Bonchev–Trinajstić information content (AvgIpc) is 2.50. The van der Waals surface area contributed by atoms with E-state index < -0.39 is 0 Å². The zero-order chi connectivity index (χ0) is 14.7. The van der Waals surface area contributed by atoms with Gasteiger partial charge in [0.15, 0.2) is 0 Å². The molecule has 3 rings (SSSR count). The molecule has 0 fully saturated rings. The van der Waals surface area contributed by atoms with Crippen molar-refractivity contribution in [3.05, 3.63) is 71.1 Å². The number of anilines is 1. The average molecular weight is 301 g/mol. The monoisotopic (exact) mass is 300 g/mol. The van der Waals surface area contributed by atoms with Gasteiger partial charge < -0.3 is 5.32 Å². The largest absolute Gasteiger partial charge is 0.384 e. The number of fused-ring (bicyclic) bond motifs is 1. The molecule has 0 bridgehead atoms. The lowest BCUT2D eigenvalue weighted by atomic mass is 10.1. The van der Waals surface area contributed by atoms with Crippen LogP contribution >= 0.6 is 11.6 Å². The van der Waals surface area contributed by atoms with Gasteiger partial charge in [0.1, 0.15) is 5.82 Å². The van der Waals surface area contributed by atoms with E-state index in [1.54, 1.807) is 18.3 Å². The Morgan fingerprint density at radius 1 is 1.05 bits per heavy atom. The molecule has 0 atom stereocenters. The Balaban J connectivity index is 1.73. The van der Waals surface area contributed by atoms with Crippen molar-refractivity contribution in [1.82, 2.24) is 4.98 Å². The van der Waals surface area contributed by atoms with E-state index in [1.165, 1.54) is 12.1 Å². The molecule has 2 nitrogen and oxygen atoms in total. The predicted molar refractivity (Wildman–Crippen MR) is 85.3 cm³/mol. The maximum atomic E-state index is 12.9. The van der Waals surface area contributed by atoms with Crippen LogP contribution in [0.15, 0.2) is 54.7 Å². The highest BCUT2D eigenvalue weighted by Gasteiger charge is 2.04. The van der Waals surface area contributed by atoms with Gasteiger partial charge in [0.2, 0.25) is 0 Å². The SMILES string of the molecule is Fc1ccc(CCNc2ccnc3c(Cl)cccc23)cc1. The van der Waals surface area contributed by atoms with Crippen LogP contribution in [0.4, 0.5) is 10.1 Å². The summed E-state index contributed by atoms with van der Waals surface area (Å²) in [5.41, 5.74) is 2.90. The first-order chi connectivity index (χ1) is 10.2. The van der Waals surface area contributed by atoms with E-state index in [2.05, 4.69) is 10.3 Å². The molecular formula is C17H14ClFN2. The molecule has 2 aromatic carbocycles. The number of hydrogen-bond acceptors (Lipinski definition) is 2. The number of pyridine rings is 1. The Morgan fingerprint density at radius 2 is 1.86 bits per heavy atom. The summed E-state index contributed by atoms with van der Waals surface area (Å²) in [4.78, 5) is 4.30. The summed E-state index contributed by atoms with van der Waals surface area (Å²) in [5.74, 6) is -0.207. The van der Waals surface area contributed by atoms with Crippen molar-refractivity contribution in [2.24, 2.45) is 0 Å². The lowest BCUT2D eigenvalue weighted by molar-refractivity contribution is 0.627. The first kappa shape index (κ1) is 13.8. The number of para-hydroxylation sites is 1. The normalized spacial score (nSPS) is 10.8. The summed E-state index contributed by atoms with van der Waals surface area (Å²) in [7, 11) is 0. The van der Waals surface area contributed by atoms with Gasteiger partial charge in [0, 0.05) is 23.8 Å². The molecule has 1 N–H and O–H groups in total. The van der Waals surface area contributed by atoms with Crippen molar-refractivity contribution in [2.75, 3.05) is 11.9 Å². The zero-order valence-electron chi connectivity index (χ0n) is 11.3. The number of hydrogen-bond donors (Lipinski definition) is 1. The van der Waals surface area contributed by atoms with Crippen LogP contribution in [0.1, 0.15) is 5.56 Å². The summed E-state index contributed by atoms with van der Waals surface area (Å²) in [5, 5.41) is 5.04. The molecule has 3 aromatic rings. The lowest BCUT2D eigenvalue weighted by Gasteiger charge is -2.10. The van der Waals surface area contributed by atoms with Crippen molar-refractivity contribution < 1.29 is 4.39 Å². The summed E-state index contributed by atoms with van der Waals surface area (Å²) in [6.45, 7) is 0.761.